The van der Waals surface area contributed by atoms with Crippen LogP contribution in [0.4, 0.5) is 0 Å². The highest BCUT2D eigenvalue weighted by molar-refractivity contribution is 5.92. The number of hydrogen-bond donors (Lipinski definition) is 2. The molecule has 3 atom stereocenters. The van der Waals surface area contributed by atoms with Gasteiger partial charge in [-0.25, -0.2) is 0 Å². The largest absolute Gasteiger partial charge is 0.392 e. The summed E-state index contributed by atoms with van der Waals surface area (Å²) < 4.78 is 5.51. The highest BCUT2D eigenvalue weighted by Gasteiger charge is 2.45. The van der Waals surface area contributed by atoms with Crippen molar-refractivity contribution in [1.29, 1.82) is 0 Å². The zero-order chi connectivity index (χ0) is 12.5. The number of aliphatic hydroxyl groups is 1. The van der Waals surface area contributed by atoms with E-state index in [2.05, 4.69) is 10.3 Å². The summed E-state index contributed by atoms with van der Waals surface area (Å²) in [6, 6.07) is 3.53. The van der Waals surface area contributed by atoms with Crippen LogP contribution in [0.2, 0.25) is 0 Å². The Morgan fingerprint density at radius 2 is 2.50 bits per heavy atom. The van der Waals surface area contributed by atoms with Crippen LogP contribution in [0.5, 0.6) is 0 Å². The molecule has 1 aliphatic heterocycles. The van der Waals surface area contributed by atoms with Crippen LogP contribution in [0.25, 0.3) is 0 Å². The molecule has 2 N–H and O–H groups in total. The predicted octanol–water partition coefficient (Wildman–Crippen LogP) is 0.481. The number of amides is 1. The zero-order valence-corrected chi connectivity index (χ0v) is 10.0. The highest BCUT2D eigenvalue weighted by atomic mass is 16.5. The number of aromatic nitrogens is 1. The molecule has 96 valence electrons. The van der Waals surface area contributed by atoms with Crippen LogP contribution in [0, 0.1) is 5.92 Å². The molecule has 5 nitrogen and oxygen atoms in total. The van der Waals surface area contributed by atoms with E-state index in [1.807, 2.05) is 0 Å². The topological polar surface area (TPSA) is 71.5 Å². The molecule has 0 aromatic carbocycles. The lowest BCUT2D eigenvalue weighted by atomic mass is 9.76. The average molecular weight is 248 g/mol. The quantitative estimate of drug-likeness (QED) is 0.816. The number of carbonyl (C=O) groups is 1. The normalized spacial score (nSPS) is 29.5. The fraction of sp³-hybridized carbons (Fsp3) is 0.538. The first-order valence-corrected chi connectivity index (χ1v) is 6.26. The number of ether oxygens (including phenoxy) is 1. The number of nitrogens with zero attached hydrogens (tertiary/aromatic N) is 1. The molecule has 1 saturated heterocycles. The van der Waals surface area contributed by atoms with Crippen molar-refractivity contribution in [2.75, 3.05) is 6.61 Å². The second-order valence-electron chi connectivity index (χ2n) is 4.88. The predicted molar refractivity (Wildman–Crippen MR) is 63.9 cm³/mol. The summed E-state index contributed by atoms with van der Waals surface area (Å²) in [5.41, 5.74) is 1.06. The number of rotatable bonds is 3. The fourth-order valence-electron chi connectivity index (χ4n) is 2.70. The van der Waals surface area contributed by atoms with Gasteiger partial charge in [-0.1, -0.05) is 0 Å². The minimum Gasteiger partial charge on any atom is -0.392 e. The summed E-state index contributed by atoms with van der Waals surface area (Å²) in [6.07, 6.45) is 3.81. The van der Waals surface area contributed by atoms with Crippen molar-refractivity contribution in [3.8, 4) is 0 Å². The second kappa shape index (κ2) is 4.66. The van der Waals surface area contributed by atoms with Gasteiger partial charge in [0.2, 0.25) is 0 Å². The van der Waals surface area contributed by atoms with Gasteiger partial charge in [0, 0.05) is 24.8 Å². The standard InChI is InChI=1S/C13H16N2O3/c16-7-8-1-3-14-11(5-8)13(17)15-10-6-12-9(10)2-4-18-12/h1,3,5,9-10,12,16H,2,4,6-7H2,(H,15,17)/t9-,10-,12+/m1/s1. The molecule has 0 bridgehead atoms. The number of aliphatic hydroxyl groups excluding tert-OH is 1. The summed E-state index contributed by atoms with van der Waals surface area (Å²) in [5.74, 6) is 0.302. The van der Waals surface area contributed by atoms with Crippen molar-refractivity contribution >= 4 is 5.91 Å². The highest BCUT2D eigenvalue weighted by Crippen LogP contribution is 2.38. The molecule has 1 aliphatic carbocycles. The van der Waals surface area contributed by atoms with Gasteiger partial charge in [0.05, 0.1) is 12.7 Å². The Bertz CT molecular complexity index is 463. The molecular weight excluding hydrogens is 232 g/mol. The lowest BCUT2D eigenvalue weighted by Crippen LogP contribution is -2.53. The first-order chi connectivity index (χ1) is 8.78. The Morgan fingerprint density at radius 1 is 1.61 bits per heavy atom. The van der Waals surface area contributed by atoms with Gasteiger partial charge in [0.15, 0.2) is 0 Å². The molecule has 3 rings (SSSR count). The van der Waals surface area contributed by atoms with E-state index in [9.17, 15) is 4.79 Å². The van der Waals surface area contributed by atoms with Gasteiger partial charge < -0.3 is 15.2 Å². The average Bonchev–Trinajstić information content (AvgIpc) is 2.77. The van der Waals surface area contributed by atoms with Crippen molar-refractivity contribution in [2.24, 2.45) is 5.92 Å². The van der Waals surface area contributed by atoms with Crippen LogP contribution in [-0.2, 0) is 11.3 Å². The molecule has 18 heavy (non-hydrogen) atoms. The van der Waals surface area contributed by atoms with Crippen molar-refractivity contribution in [3.05, 3.63) is 29.6 Å². The molecule has 2 fully saturated rings. The number of fused-ring (bicyclic) bond motifs is 1. The molecule has 5 heteroatoms. The third-order valence-electron chi connectivity index (χ3n) is 3.82. The van der Waals surface area contributed by atoms with Gasteiger partial charge in [0.25, 0.3) is 5.91 Å². The van der Waals surface area contributed by atoms with Crippen LogP contribution >= 0.6 is 0 Å². The smallest absolute Gasteiger partial charge is 0.270 e. The van der Waals surface area contributed by atoms with Crippen LogP contribution < -0.4 is 5.32 Å². The van der Waals surface area contributed by atoms with Gasteiger partial charge in [-0.2, -0.15) is 0 Å². The van der Waals surface area contributed by atoms with E-state index in [4.69, 9.17) is 9.84 Å². The van der Waals surface area contributed by atoms with E-state index in [-0.39, 0.29) is 18.6 Å². The molecule has 2 heterocycles. The van der Waals surface area contributed by atoms with E-state index < -0.39 is 0 Å². The lowest BCUT2D eigenvalue weighted by Gasteiger charge is -2.39. The van der Waals surface area contributed by atoms with Crippen molar-refractivity contribution in [2.45, 2.75) is 31.6 Å². The third-order valence-corrected chi connectivity index (χ3v) is 3.82. The van der Waals surface area contributed by atoms with Gasteiger partial charge in [0.1, 0.15) is 5.69 Å². The van der Waals surface area contributed by atoms with Crippen LogP contribution in [-0.4, -0.2) is 34.8 Å². The molecule has 1 amide bonds. The van der Waals surface area contributed by atoms with Crippen molar-refractivity contribution in [3.63, 3.8) is 0 Å². The van der Waals surface area contributed by atoms with E-state index in [1.165, 1.54) is 0 Å². The number of hydrogen-bond acceptors (Lipinski definition) is 4. The summed E-state index contributed by atoms with van der Waals surface area (Å²) in [4.78, 5) is 16.0. The first-order valence-electron chi connectivity index (χ1n) is 6.26. The molecule has 0 unspecified atom stereocenters. The summed E-state index contributed by atoms with van der Waals surface area (Å²) >= 11 is 0. The summed E-state index contributed by atoms with van der Waals surface area (Å²) in [6.45, 7) is 0.727. The van der Waals surface area contributed by atoms with Crippen LogP contribution in [0.3, 0.4) is 0 Å². The Labute approximate surface area is 105 Å². The molecule has 0 radical (unpaired) electrons. The van der Waals surface area contributed by atoms with Crippen molar-refractivity contribution < 1.29 is 14.6 Å². The Hall–Kier alpha value is -1.46. The molecule has 2 aliphatic rings. The number of carbonyl (C=O) groups excluding carboxylic acids is 1. The molecule has 1 aromatic rings. The van der Waals surface area contributed by atoms with E-state index >= 15 is 0 Å². The SMILES string of the molecule is O=C(N[C@@H]1C[C@@H]2OCC[C@@H]21)c1cc(CO)ccn1. The van der Waals surface area contributed by atoms with Crippen LogP contribution in [0.15, 0.2) is 18.3 Å². The summed E-state index contributed by atoms with van der Waals surface area (Å²) in [5, 5.41) is 12.0. The maximum atomic E-state index is 12.0. The second-order valence-corrected chi connectivity index (χ2v) is 4.88. The maximum Gasteiger partial charge on any atom is 0.270 e. The van der Waals surface area contributed by atoms with Crippen molar-refractivity contribution in [1.82, 2.24) is 10.3 Å². The minimum atomic E-state index is -0.166. The zero-order valence-electron chi connectivity index (χ0n) is 10.0. The van der Waals surface area contributed by atoms with Crippen LogP contribution in [0.1, 0.15) is 28.9 Å². The number of pyridine rings is 1. The Balaban J connectivity index is 1.64. The van der Waals surface area contributed by atoms with E-state index in [1.54, 1.807) is 18.3 Å². The van der Waals surface area contributed by atoms with Gasteiger partial charge in [-0.3, -0.25) is 9.78 Å². The lowest BCUT2D eigenvalue weighted by molar-refractivity contribution is 0.00802. The Kier molecular flexibility index (Phi) is 3.01. The maximum absolute atomic E-state index is 12.0. The molecular formula is C13H16N2O3. The minimum absolute atomic E-state index is 0.0786. The van der Waals surface area contributed by atoms with Gasteiger partial charge in [-0.05, 0) is 30.5 Å². The molecule has 1 saturated carbocycles. The Morgan fingerprint density at radius 3 is 3.28 bits per heavy atom. The number of nitrogens with one attached hydrogen (secondary N) is 1. The van der Waals surface area contributed by atoms with Gasteiger partial charge in [-0.15, -0.1) is 0 Å². The monoisotopic (exact) mass is 248 g/mol. The van der Waals surface area contributed by atoms with E-state index in [0.29, 0.717) is 23.3 Å². The summed E-state index contributed by atoms with van der Waals surface area (Å²) in [7, 11) is 0. The molecule has 1 aromatic heterocycles. The molecule has 0 spiro atoms. The third kappa shape index (κ3) is 2.00. The first kappa shape index (κ1) is 11.6. The fourth-order valence-corrected chi connectivity index (χ4v) is 2.70. The van der Waals surface area contributed by atoms with Gasteiger partial charge >= 0.3 is 0 Å². The van der Waals surface area contributed by atoms with E-state index in [0.717, 1.165) is 19.4 Å².